The van der Waals surface area contributed by atoms with Gasteiger partial charge in [0.25, 0.3) is 0 Å². The highest BCUT2D eigenvalue weighted by Crippen LogP contribution is 2.35. The third-order valence-corrected chi connectivity index (χ3v) is 3.44. The van der Waals surface area contributed by atoms with Crippen molar-refractivity contribution in [2.45, 2.75) is 40.0 Å². The van der Waals surface area contributed by atoms with Crippen LogP contribution in [0.2, 0.25) is 0 Å². The number of phosphoric acid groups is 1. The third kappa shape index (κ3) is 7.90. The summed E-state index contributed by atoms with van der Waals surface area (Å²) in [6.45, 7) is 10.4. The summed E-state index contributed by atoms with van der Waals surface area (Å²) in [6, 6.07) is 0. The lowest BCUT2D eigenvalue weighted by atomic mass is 10.2. The average Bonchev–Trinajstić information content (AvgIpc) is 2.16. The lowest BCUT2D eigenvalue weighted by Crippen LogP contribution is -2.51. The molecule has 0 atom stereocenters. The van der Waals surface area contributed by atoms with Gasteiger partial charge in [0.15, 0.2) is 0 Å². The maximum atomic E-state index is 10.7. The van der Waals surface area contributed by atoms with Crippen LogP contribution in [0.4, 0.5) is 0 Å². The third-order valence-electron chi connectivity index (χ3n) is 2.92. The first-order valence-corrected chi connectivity index (χ1v) is 7.97. The standard InChI is InChI=1S/C11H26NO4P/c1-4-7-12(8-5-2,9-6-3)10-11-16-17(13,14)15/h4-11H2,1-3H3,(H-,13,14,15)/p+1. The van der Waals surface area contributed by atoms with Crippen LogP contribution in [0, 0.1) is 0 Å². The second-order valence-corrected chi connectivity index (χ2v) is 5.80. The van der Waals surface area contributed by atoms with Crippen LogP contribution in [0.15, 0.2) is 0 Å². The molecular weight excluding hydrogens is 241 g/mol. The summed E-state index contributed by atoms with van der Waals surface area (Å²) in [7, 11) is -4.32. The van der Waals surface area contributed by atoms with Crippen molar-refractivity contribution >= 4 is 7.82 Å². The van der Waals surface area contributed by atoms with Crippen LogP contribution in [-0.2, 0) is 9.09 Å². The van der Waals surface area contributed by atoms with Gasteiger partial charge in [-0.3, -0.25) is 4.52 Å². The molecule has 0 aromatic carbocycles. The molecule has 0 aromatic rings. The Morgan fingerprint density at radius 1 is 0.941 bits per heavy atom. The van der Waals surface area contributed by atoms with E-state index in [1.165, 1.54) is 0 Å². The first kappa shape index (κ1) is 17.1. The van der Waals surface area contributed by atoms with Gasteiger partial charge in [-0.05, 0) is 19.3 Å². The van der Waals surface area contributed by atoms with Gasteiger partial charge in [-0.25, -0.2) is 4.57 Å². The minimum atomic E-state index is -4.32. The number of hydrogen-bond acceptors (Lipinski definition) is 2. The van der Waals surface area contributed by atoms with E-state index in [0.29, 0.717) is 6.54 Å². The van der Waals surface area contributed by atoms with Gasteiger partial charge in [0.1, 0.15) is 13.2 Å². The summed E-state index contributed by atoms with van der Waals surface area (Å²) in [5, 5.41) is 0. The first-order valence-electron chi connectivity index (χ1n) is 6.44. The van der Waals surface area contributed by atoms with Gasteiger partial charge in [0.2, 0.25) is 0 Å². The summed E-state index contributed by atoms with van der Waals surface area (Å²) in [6.07, 6.45) is 3.24. The smallest absolute Gasteiger partial charge is 0.322 e. The summed E-state index contributed by atoms with van der Waals surface area (Å²) >= 11 is 0. The topological polar surface area (TPSA) is 66.8 Å². The molecule has 0 heterocycles. The maximum absolute atomic E-state index is 10.7. The molecule has 0 amide bonds. The van der Waals surface area contributed by atoms with E-state index in [1.54, 1.807) is 0 Å². The van der Waals surface area contributed by atoms with Crippen molar-refractivity contribution in [1.82, 2.24) is 0 Å². The lowest BCUT2D eigenvalue weighted by molar-refractivity contribution is -0.928. The molecule has 6 heteroatoms. The number of rotatable bonds is 10. The Labute approximate surface area is 105 Å². The van der Waals surface area contributed by atoms with Crippen LogP contribution in [0.25, 0.3) is 0 Å². The fourth-order valence-corrected chi connectivity index (χ4v) is 2.77. The van der Waals surface area contributed by atoms with E-state index in [4.69, 9.17) is 9.79 Å². The van der Waals surface area contributed by atoms with Crippen molar-refractivity contribution in [1.29, 1.82) is 0 Å². The van der Waals surface area contributed by atoms with E-state index < -0.39 is 7.82 Å². The van der Waals surface area contributed by atoms with Gasteiger partial charge in [-0.15, -0.1) is 0 Å². The molecule has 17 heavy (non-hydrogen) atoms. The van der Waals surface area contributed by atoms with E-state index in [9.17, 15) is 4.57 Å². The van der Waals surface area contributed by atoms with Crippen LogP contribution in [0.3, 0.4) is 0 Å². The highest BCUT2D eigenvalue weighted by Gasteiger charge is 2.26. The fraction of sp³-hybridized carbons (Fsp3) is 1.00. The highest BCUT2D eigenvalue weighted by atomic mass is 31.2. The second kappa shape index (κ2) is 8.22. The van der Waals surface area contributed by atoms with E-state index in [2.05, 4.69) is 25.3 Å². The van der Waals surface area contributed by atoms with E-state index in [0.717, 1.165) is 43.4 Å². The van der Waals surface area contributed by atoms with Crippen LogP contribution in [-0.4, -0.2) is 47.1 Å². The van der Waals surface area contributed by atoms with Gasteiger partial charge in [0, 0.05) is 0 Å². The quantitative estimate of drug-likeness (QED) is 0.470. The van der Waals surface area contributed by atoms with Crippen molar-refractivity contribution in [3.05, 3.63) is 0 Å². The molecule has 0 aromatic heterocycles. The molecule has 0 bridgehead atoms. The number of phosphoric ester groups is 1. The van der Waals surface area contributed by atoms with E-state index in [-0.39, 0.29) is 6.61 Å². The Morgan fingerprint density at radius 2 is 1.35 bits per heavy atom. The summed E-state index contributed by atoms with van der Waals surface area (Å²) in [5.74, 6) is 0. The van der Waals surface area contributed by atoms with Gasteiger partial charge in [0.05, 0.1) is 19.6 Å². The molecule has 5 nitrogen and oxygen atoms in total. The summed E-state index contributed by atoms with van der Waals surface area (Å²) in [5.41, 5.74) is 0. The maximum Gasteiger partial charge on any atom is 0.469 e. The van der Waals surface area contributed by atoms with Crippen LogP contribution < -0.4 is 0 Å². The Kier molecular flexibility index (Phi) is 8.25. The van der Waals surface area contributed by atoms with Gasteiger partial charge in [-0.1, -0.05) is 20.8 Å². The van der Waals surface area contributed by atoms with E-state index in [1.807, 2.05) is 0 Å². The zero-order chi connectivity index (χ0) is 13.4. The molecule has 0 fully saturated rings. The SMILES string of the molecule is CCC[N+](CCC)(CCC)CCOP(=O)(O)O. The summed E-state index contributed by atoms with van der Waals surface area (Å²) in [4.78, 5) is 17.4. The van der Waals surface area contributed by atoms with Crippen molar-refractivity contribution in [2.24, 2.45) is 0 Å². The lowest BCUT2D eigenvalue weighted by Gasteiger charge is -2.38. The number of quaternary nitrogens is 1. The predicted octanol–water partition coefficient (Wildman–Crippen LogP) is 2.14. The molecule has 0 saturated heterocycles. The number of hydrogen-bond donors (Lipinski definition) is 2. The van der Waals surface area contributed by atoms with Crippen molar-refractivity contribution < 1.29 is 23.4 Å². The largest absolute Gasteiger partial charge is 0.469 e. The molecule has 0 saturated carbocycles. The second-order valence-electron chi connectivity index (χ2n) is 4.56. The number of nitrogens with zero attached hydrogens (tertiary/aromatic N) is 1. The van der Waals surface area contributed by atoms with Crippen molar-refractivity contribution in [2.75, 3.05) is 32.8 Å². The molecule has 0 spiro atoms. The Morgan fingerprint density at radius 3 is 1.65 bits per heavy atom. The molecule has 2 N–H and O–H groups in total. The molecule has 0 radical (unpaired) electrons. The van der Waals surface area contributed by atoms with Crippen LogP contribution in [0.5, 0.6) is 0 Å². The van der Waals surface area contributed by atoms with Gasteiger partial charge < -0.3 is 14.3 Å². The van der Waals surface area contributed by atoms with E-state index >= 15 is 0 Å². The first-order chi connectivity index (χ1) is 7.89. The van der Waals surface area contributed by atoms with Gasteiger partial charge in [-0.2, -0.15) is 0 Å². The molecule has 0 aliphatic heterocycles. The minimum absolute atomic E-state index is 0.129. The van der Waals surface area contributed by atoms with Crippen LogP contribution in [0.1, 0.15) is 40.0 Å². The molecule has 0 unspecified atom stereocenters. The predicted molar refractivity (Wildman–Crippen MR) is 68.6 cm³/mol. The molecule has 104 valence electrons. The van der Waals surface area contributed by atoms with Crippen molar-refractivity contribution in [3.63, 3.8) is 0 Å². The normalized spacial score (nSPS) is 13.0. The van der Waals surface area contributed by atoms with Crippen molar-refractivity contribution in [3.8, 4) is 0 Å². The Balaban J connectivity index is 4.38. The highest BCUT2D eigenvalue weighted by molar-refractivity contribution is 7.46. The minimum Gasteiger partial charge on any atom is -0.322 e. The molecule has 0 rings (SSSR count). The average molecular weight is 268 g/mol. The Hall–Kier alpha value is 0.0700. The van der Waals surface area contributed by atoms with Crippen LogP contribution >= 0.6 is 7.82 Å². The molecule has 0 aliphatic carbocycles. The van der Waals surface area contributed by atoms with Gasteiger partial charge >= 0.3 is 7.82 Å². The summed E-state index contributed by atoms with van der Waals surface area (Å²) < 4.78 is 16.1. The zero-order valence-corrected chi connectivity index (χ0v) is 12.2. The monoisotopic (exact) mass is 268 g/mol. The molecular formula is C11H27NO4P+. The fourth-order valence-electron chi connectivity index (χ4n) is 2.45. The zero-order valence-electron chi connectivity index (χ0n) is 11.3. The molecule has 0 aliphatic rings. The Bertz CT molecular complexity index is 225.